The Labute approximate surface area is 134 Å². The minimum atomic E-state index is -0.695. The van der Waals surface area contributed by atoms with Gasteiger partial charge in [-0.15, -0.1) is 0 Å². The quantitative estimate of drug-likeness (QED) is 0.134. The molecule has 0 saturated heterocycles. The van der Waals surface area contributed by atoms with E-state index >= 15 is 0 Å². The topological polar surface area (TPSA) is 66.8 Å². The maximum atomic E-state index is 10.3. The number of aliphatic carboxylic acids is 1. The molecule has 2 N–H and O–H groups in total. The molecule has 0 atom stereocenters. The van der Waals surface area contributed by atoms with Crippen molar-refractivity contribution < 1.29 is 20.0 Å². The first-order valence-corrected chi connectivity index (χ1v) is 8.59. The summed E-state index contributed by atoms with van der Waals surface area (Å²) in [5.74, 6) is -0.0674. The summed E-state index contributed by atoms with van der Waals surface area (Å²) >= 11 is 0. The normalized spacial score (nSPS) is 12.0. The summed E-state index contributed by atoms with van der Waals surface area (Å²) in [7, 11) is 0. The smallest absolute Gasteiger partial charge is 0.303 e. The summed E-state index contributed by atoms with van der Waals surface area (Å²) in [6.45, 7) is 2.15. The van der Waals surface area contributed by atoms with Crippen LogP contribution in [0.2, 0.25) is 0 Å². The molecule has 0 rings (SSSR count). The molecule has 128 valence electrons. The Morgan fingerprint density at radius 3 is 2.23 bits per heavy atom. The number of unbranched alkanes of at least 4 members (excludes halogenated alkanes) is 8. The third-order valence-corrected chi connectivity index (χ3v) is 3.57. The molecule has 0 saturated carbocycles. The molecular formula is C18H32O4. The number of carbonyl (C=O) groups is 1. The van der Waals surface area contributed by atoms with Crippen molar-refractivity contribution in [3.8, 4) is 0 Å². The molecule has 0 aliphatic heterocycles. The van der Waals surface area contributed by atoms with Gasteiger partial charge >= 0.3 is 5.97 Å². The highest BCUT2D eigenvalue weighted by Crippen LogP contribution is 2.11. The standard InChI is InChI=1S/C18H32O4/c1-2-3-11-14-17(22-21)15-12-9-7-5-4-6-8-10-13-16-18(19)20/h9,12,15,21H,2-8,10-11,13-14,16H2,1H3,(H,19,20)/b12-9+,17-15-. The van der Waals surface area contributed by atoms with Gasteiger partial charge in [-0.25, -0.2) is 5.26 Å². The van der Waals surface area contributed by atoms with Gasteiger partial charge in [0, 0.05) is 12.8 Å². The van der Waals surface area contributed by atoms with E-state index in [0.29, 0.717) is 12.2 Å². The van der Waals surface area contributed by atoms with Gasteiger partial charge in [0.25, 0.3) is 0 Å². The highest BCUT2D eigenvalue weighted by atomic mass is 17.1. The summed E-state index contributed by atoms with van der Waals surface area (Å²) in [5, 5.41) is 17.3. The Hall–Kier alpha value is -1.29. The van der Waals surface area contributed by atoms with Crippen LogP contribution < -0.4 is 0 Å². The molecule has 0 aliphatic rings. The molecule has 4 heteroatoms. The van der Waals surface area contributed by atoms with E-state index in [9.17, 15) is 4.79 Å². The molecule has 0 aromatic rings. The zero-order chi connectivity index (χ0) is 16.5. The van der Waals surface area contributed by atoms with Crippen molar-refractivity contribution in [1.29, 1.82) is 0 Å². The molecule has 0 radical (unpaired) electrons. The second-order valence-corrected chi connectivity index (χ2v) is 5.66. The van der Waals surface area contributed by atoms with Crippen molar-refractivity contribution in [2.75, 3.05) is 0 Å². The first kappa shape index (κ1) is 20.7. The van der Waals surface area contributed by atoms with Crippen molar-refractivity contribution in [2.24, 2.45) is 0 Å². The lowest BCUT2D eigenvalue weighted by Crippen LogP contribution is -1.93. The van der Waals surface area contributed by atoms with E-state index in [-0.39, 0.29) is 0 Å². The van der Waals surface area contributed by atoms with Gasteiger partial charge in [-0.05, 0) is 31.8 Å². The fourth-order valence-electron chi connectivity index (χ4n) is 2.23. The van der Waals surface area contributed by atoms with Crippen LogP contribution in [0, 0.1) is 0 Å². The molecule has 0 unspecified atom stereocenters. The van der Waals surface area contributed by atoms with Gasteiger partial charge in [0.05, 0.1) is 0 Å². The summed E-state index contributed by atoms with van der Waals surface area (Å²) in [4.78, 5) is 14.7. The third-order valence-electron chi connectivity index (χ3n) is 3.57. The van der Waals surface area contributed by atoms with Crippen molar-refractivity contribution in [3.63, 3.8) is 0 Å². The fraction of sp³-hybridized carbons (Fsp3) is 0.722. The monoisotopic (exact) mass is 312 g/mol. The lowest BCUT2D eigenvalue weighted by atomic mass is 10.1. The minimum Gasteiger partial charge on any atom is -0.481 e. The van der Waals surface area contributed by atoms with Gasteiger partial charge in [0.2, 0.25) is 0 Å². The van der Waals surface area contributed by atoms with Gasteiger partial charge < -0.3 is 9.99 Å². The van der Waals surface area contributed by atoms with Gasteiger partial charge in [-0.2, -0.15) is 0 Å². The van der Waals surface area contributed by atoms with Crippen LogP contribution in [-0.2, 0) is 9.68 Å². The second-order valence-electron chi connectivity index (χ2n) is 5.66. The first-order chi connectivity index (χ1) is 10.7. The number of allylic oxidation sites excluding steroid dienone is 4. The molecule has 0 aliphatic carbocycles. The number of carboxylic acid groups (broad SMARTS) is 1. The van der Waals surface area contributed by atoms with Gasteiger partial charge in [0.1, 0.15) is 5.76 Å². The van der Waals surface area contributed by atoms with E-state index in [2.05, 4.69) is 17.9 Å². The third kappa shape index (κ3) is 15.1. The van der Waals surface area contributed by atoms with Crippen LogP contribution in [0.15, 0.2) is 24.0 Å². The Morgan fingerprint density at radius 2 is 1.59 bits per heavy atom. The van der Waals surface area contributed by atoms with Gasteiger partial charge in [-0.1, -0.05) is 57.6 Å². The highest BCUT2D eigenvalue weighted by molar-refractivity contribution is 5.66. The molecule has 0 spiro atoms. The number of hydrogen-bond acceptors (Lipinski definition) is 3. The summed E-state index contributed by atoms with van der Waals surface area (Å²) < 4.78 is 0. The van der Waals surface area contributed by atoms with E-state index in [1.54, 1.807) is 0 Å². The van der Waals surface area contributed by atoms with E-state index in [1.807, 2.05) is 12.2 Å². The van der Waals surface area contributed by atoms with Crippen LogP contribution in [0.1, 0.15) is 84.0 Å². The van der Waals surface area contributed by atoms with E-state index in [1.165, 1.54) is 12.8 Å². The number of carboxylic acids is 1. The van der Waals surface area contributed by atoms with E-state index < -0.39 is 5.97 Å². The molecule has 0 aromatic carbocycles. The van der Waals surface area contributed by atoms with Crippen LogP contribution in [0.3, 0.4) is 0 Å². The molecule has 0 heterocycles. The summed E-state index contributed by atoms with van der Waals surface area (Å²) in [5.41, 5.74) is 0. The lowest BCUT2D eigenvalue weighted by Gasteiger charge is -2.01. The van der Waals surface area contributed by atoms with Crippen LogP contribution in [0.25, 0.3) is 0 Å². The zero-order valence-corrected chi connectivity index (χ0v) is 13.9. The minimum absolute atomic E-state index is 0.294. The Kier molecular flexibility index (Phi) is 15.1. The fourth-order valence-corrected chi connectivity index (χ4v) is 2.23. The molecule has 0 amide bonds. The van der Waals surface area contributed by atoms with Crippen molar-refractivity contribution in [3.05, 3.63) is 24.0 Å². The molecule has 0 fully saturated rings. The highest BCUT2D eigenvalue weighted by Gasteiger charge is 1.97. The largest absolute Gasteiger partial charge is 0.481 e. The molecule has 0 bridgehead atoms. The van der Waals surface area contributed by atoms with Crippen LogP contribution in [-0.4, -0.2) is 16.3 Å². The predicted molar refractivity (Wildman–Crippen MR) is 89.7 cm³/mol. The molecule has 22 heavy (non-hydrogen) atoms. The van der Waals surface area contributed by atoms with Crippen LogP contribution in [0.4, 0.5) is 0 Å². The first-order valence-electron chi connectivity index (χ1n) is 8.59. The SMILES string of the molecule is CCCCC/C(=C/C=C/CCCCCCCCC(=O)O)OO. The Bertz CT molecular complexity index is 321. The Balaban J connectivity index is 3.50. The Morgan fingerprint density at radius 1 is 0.955 bits per heavy atom. The van der Waals surface area contributed by atoms with Crippen molar-refractivity contribution >= 4 is 5.97 Å². The maximum absolute atomic E-state index is 10.3. The van der Waals surface area contributed by atoms with Crippen molar-refractivity contribution in [1.82, 2.24) is 0 Å². The maximum Gasteiger partial charge on any atom is 0.303 e. The number of rotatable bonds is 15. The average Bonchev–Trinajstić information content (AvgIpc) is 2.50. The second kappa shape index (κ2) is 16.1. The molecule has 0 aromatic heterocycles. The van der Waals surface area contributed by atoms with Crippen molar-refractivity contribution in [2.45, 2.75) is 84.0 Å². The number of hydrogen-bond donors (Lipinski definition) is 2. The van der Waals surface area contributed by atoms with E-state index in [4.69, 9.17) is 10.4 Å². The van der Waals surface area contributed by atoms with Gasteiger partial charge in [0.15, 0.2) is 0 Å². The average molecular weight is 312 g/mol. The summed E-state index contributed by atoms with van der Waals surface area (Å²) in [6, 6.07) is 0. The van der Waals surface area contributed by atoms with Gasteiger partial charge in [-0.3, -0.25) is 4.79 Å². The summed E-state index contributed by atoms with van der Waals surface area (Å²) in [6.07, 6.45) is 17.8. The van der Waals surface area contributed by atoms with E-state index in [0.717, 1.165) is 57.8 Å². The molecule has 4 nitrogen and oxygen atoms in total. The lowest BCUT2D eigenvalue weighted by molar-refractivity contribution is -0.205. The van der Waals surface area contributed by atoms with Crippen LogP contribution in [0.5, 0.6) is 0 Å². The predicted octanol–water partition coefficient (Wildman–Crippen LogP) is 5.70. The zero-order valence-electron chi connectivity index (χ0n) is 13.9. The van der Waals surface area contributed by atoms with Crippen LogP contribution >= 0.6 is 0 Å². The molecular weight excluding hydrogens is 280 g/mol.